The van der Waals surface area contributed by atoms with E-state index in [2.05, 4.69) is 4.90 Å². The topological polar surface area (TPSA) is 83.7 Å². The van der Waals surface area contributed by atoms with Crippen molar-refractivity contribution in [3.8, 4) is 10.4 Å². The number of rotatable bonds is 6. The SMILES string of the molecule is O=C(/C=C/c1ccc(-c2ccccc2[N+](=O)[O-])s1)c1ccc(N2CCC(O)CC2)cc1. The fraction of sp³-hybridized carbons (Fsp3) is 0.208. The molecular weight excluding hydrogens is 412 g/mol. The molecule has 0 bridgehead atoms. The van der Waals surface area contributed by atoms with E-state index < -0.39 is 0 Å². The second kappa shape index (κ2) is 9.24. The fourth-order valence-electron chi connectivity index (χ4n) is 3.64. The van der Waals surface area contributed by atoms with Crippen LogP contribution in [0.25, 0.3) is 16.5 Å². The number of thiophene rings is 1. The van der Waals surface area contributed by atoms with E-state index in [1.807, 2.05) is 36.4 Å². The number of nitro groups is 1. The van der Waals surface area contributed by atoms with Crippen LogP contribution in [0, 0.1) is 10.1 Å². The van der Waals surface area contributed by atoms with Crippen LogP contribution in [0.3, 0.4) is 0 Å². The number of nitro benzene ring substituents is 1. The Bertz CT molecular complexity index is 1110. The number of aliphatic hydroxyl groups excluding tert-OH is 1. The monoisotopic (exact) mass is 434 g/mol. The minimum atomic E-state index is -0.385. The number of aliphatic hydroxyl groups is 1. The van der Waals surface area contributed by atoms with Crippen molar-refractivity contribution < 1.29 is 14.8 Å². The minimum Gasteiger partial charge on any atom is -0.393 e. The quantitative estimate of drug-likeness (QED) is 0.250. The van der Waals surface area contributed by atoms with E-state index >= 15 is 0 Å². The number of ketones is 1. The van der Waals surface area contributed by atoms with Gasteiger partial charge in [-0.3, -0.25) is 14.9 Å². The fourth-order valence-corrected chi connectivity index (χ4v) is 4.59. The lowest BCUT2D eigenvalue weighted by Crippen LogP contribution is -2.35. The van der Waals surface area contributed by atoms with E-state index in [-0.39, 0.29) is 22.5 Å². The van der Waals surface area contributed by atoms with Gasteiger partial charge in [0.05, 0.1) is 16.6 Å². The summed E-state index contributed by atoms with van der Waals surface area (Å²) in [6.07, 6.45) is 4.58. The maximum atomic E-state index is 12.6. The number of benzene rings is 2. The van der Waals surface area contributed by atoms with Crippen LogP contribution in [0.1, 0.15) is 28.1 Å². The van der Waals surface area contributed by atoms with Crippen LogP contribution in [-0.2, 0) is 0 Å². The molecule has 0 radical (unpaired) electrons. The van der Waals surface area contributed by atoms with Gasteiger partial charge >= 0.3 is 0 Å². The molecule has 1 N–H and O–H groups in total. The molecule has 7 heteroatoms. The maximum absolute atomic E-state index is 12.6. The van der Waals surface area contributed by atoms with Gasteiger partial charge in [-0.25, -0.2) is 0 Å². The molecule has 2 aromatic carbocycles. The van der Waals surface area contributed by atoms with Gasteiger partial charge in [0.25, 0.3) is 5.69 Å². The molecule has 0 atom stereocenters. The second-order valence-electron chi connectivity index (χ2n) is 7.44. The number of nitrogens with zero attached hydrogens (tertiary/aromatic N) is 2. The molecule has 1 aliphatic heterocycles. The van der Waals surface area contributed by atoms with Crippen molar-refractivity contribution in [1.82, 2.24) is 0 Å². The highest BCUT2D eigenvalue weighted by Gasteiger charge is 2.18. The average molecular weight is 435 g/mol. The molecule has 0 unspecified atom stereocenters. The molecule has 2 heterocycles. The van der Waals surface area contributed by atoms with Crippen LogP contribution in [0.2, 0.25) is 0 Å². The predicted octanol–water partition coefficient (Wildman–Crippen LogP) is 5.18. The summed E-state index contributed by atoms with van der Waals surface area (Å²) in [6.45, 7) is 1.63. The van der Waals surface area contributed by atoms with Crippen LogP contribution in [0.5, 0.6) is 0 Å². The molecule has 0 saturated carbocycles. The zero-order chi connectivity index (χ0) is 21.8. The van der Waals surface area contributed by atoms with Gasteiger partial charge in [0.1, 0.15) is 0 Å². The van der Waals surface area contributed by atoms with Crippen LogP contribution in [0.15, 0.2) is 66.7 Å². The average Bonchev–Trinajstić information content (AvgIpc) is 3.27. The third-order valence-electron chi connectivity index (χ3n) is 5.37. The molecule has 158 valence electrons. The van der Waals surface area contributed by atoms with Crippen molar-refractivity contribution in [1.29, 1.82) is 0 Å². The van der Waals surface area contributed by atoms with E-state index in [1.165, 1.54) is 23.5 Å². The Kier molecular flexibility index (Phi) is 6.25. The van der Waals surface area contributed by atoms with Gasteiger partial charge in [0.15, 0.2) is 5.78 Å². The first kappa shape index (κ1) is 21.0. The van der Waals surface area contributed by atoms with Crippen molar-refractivity contribution in [2.75, 3.05) is 18.0 Å². The molecule has 1 fully saturated rings. The number of carbonyl (C=O) groups is 1. The van der Waals surface area contributed by atoms with E-state index in [1.54, 1.807) is 24.3 Å². The Balaban J connectivity index is 1.44. The lowest BCUT2D eigenvalue weighted by Gasteiger charge is -2.31. The van der Waals surface area contributed by atoms with E-state index in [0.29, 0.717) is 11.1 Å². The van der Waals surface area contributed by atoms with Crippen molar-refractivity contribution in [2.24, 2.45) is 0 Å². The lowest BCUT2D eigenvalue weighted by molar-refractivity contribution is -0.384. The Morgan fingerprint density at radius 3 is 2.48 bits per heavy atom. The molecule has 3 aromatic rings. The number of piperidine rings is 1. The molecule has 31 heavy (non-hydrogen) atoms. The second-order valence-corrected chi connectivity index (χ2v) is 8.55. The molecule has 1 saturated heterocycles. The first-order valence-corrected chi connectivity index (χ1v) is 10.9. The molecule has 4 rings (SSSR count). The van der Waals surface area contributed by atoms with E-state index in [4.69, 9.17) is 0 Å². The first-order chi connectivity index (χ1) is 15.0. The zero-order valence-electron chi connectivity index (χ0n) is 16.8. The van der Waals surface area contributed by atoms with Crippen LogP contribution < -0.4 is 4.90 Å². The Morgan fingerprint density at radius 2 is 1.77 bits per heavy atom. The highest BCUT2D eigenvalue weighted by Crippen LogP contribution is 2.35. The zero-order valence-corrected chi connectivity index (χ0v) is 17.6. The highest BCUT2D eigenvalue weighted by molar-refractivity contribution is 7.16. The Morgan fingerprint density at radius 1 is 1.06 bits per heavy atom. The van der Waals surface area contributed by atoms with E-state index in [0.717, 1.165) is 41.4 Å². The normalized spacial score (nSPS) is 14.8. The smallest absolute Gasteiger partial charge is 0.278 e. The van der Waals surface area contributed by atoms with Gasteiger partial charge in [-0.2, -0.15) is 0 Å². The summed E-state index contributed by atoms with van der Waals surface area (Å²) in [6, 6.07) is 17.9. The number of anilines is 1. The molecule has 1 aliphatic rings. The maximum Gasteiger partial charge on any atom is 0.278 e. The summed E-state index contributed by atoms with van der Waals surface area (Å²) >= 11 is 1.41. The number of carbonyl (C=O) groups excluding carboxylic acids is 1. The largest absolute Gasteiger partial charge is 0.393 e. The highest BCUT2D eigenvalue weighted by atomic mass is 32.1. The summed E-state index contributed by atoms with van der Waals surface area (Å²) < 4.78 is 0. The third-order valence-corrected chi connectivity index (χ3v) is 6.46. The summed E-state index contributed by atoms with van der Waals surface area (Å²) in [4.78, 5) is 27.3. The van der Waals surface area contributed by atoms with Gasteiger partial charge in [0, 0.05) is 40.2 Å². The minimum absolute atomic E-state index is 0.0688. The van der Waals surface area contributed by atoms with Gasteiger partial charge in [-0.15, -0.1) is 11.3 Å². The summed E-state index contributed by atoms with van der Waals surface area (Å²) in [7, 11) is 0. The molecule has 0 amide bonds. The van der Waals surface area contributed by atoms with Gasteiger partial charge < -0.3 is 10.0 Å². The van der Waals surface area contributed by atoms with Crippen LogP contribution in [-0.4, -0.2) is 35.0 Å². The molecular formula is C24H22N2O4S. The molecule has 0 aliphatic carbocycles. The van der Waals surface area contributed by atoms with Crippen molar-refractivity contribution >= 4 is 34.6 Å². The van der Waals surface area contributed by atoms with Gasteiger partial charge in [-0.1, -0.05) is 12.1 Å². The predicted molar refractivity (Wildman–Crippen MR) is 124 cm³/mol. The van der Waals surface area contributed by atoms with Crippen molar-refractivity contribution in [3.63, 3.8) is 0 Å². The van der Waals surface area contributed by atoms with Gasteiger partial charge in [-0.05, 0) is 67.5 Å². The number of para-hydroxylation sites is 1. The first-order valence-electron chi connectivity index (χ1n) is 10.1. The van der Waals surface area contributed by atoms with Crippen molar-refractivity contribution in [3.05, 3.63) is 87.3 Å². The number of hydrogen-bond donors (Lipinski definition) is 1. The molecule has 6 nitrogen and oxygen atoms in total. The number of allylic oxidation sites excluding steroid dienone is 1. The Hall–Kier alpha value is -3.29. The summed E-state index contributed by atoms with van der Waals surface area (Å²) in [5.41, 5.74) is 2.30. The lowest BCUT2D eigenvalue weighted by atomic mass is 10.1. The summed E-state index contributed by atoms with van der Waals surface area (Å²) in [5, 5.41) is 20.9. The van der Waals surface area contributed by atoms with Crippen molar-refractivity contribution in [2.45, 2.75) is 18.9 Å². The summed E-state index contributed by atoms with van der Waals surface area (Å²) in [5.74, 6) is -0.0961. The third kappa shape index (κ3) is 4.90. The molecule has 0 spiro atoms. The molecule has 1 aromatic heterocycles. The van der Waals surface area contributed by atoms with Crippen LogP contribution in [0.4, 0.5) is 11.4 Å². The van der Waals surface area contributed by atoms with Gasteiger partial charge in [0.2, 0.25) is 0 Å². The number of hydrogen-bond acceptors (Lipinski definition) is 6. The standard InChI is InChI=1S/C24H22N2O4S/c27-19-13-15-25(16-14-19)18-7-5-17(6-8-18)23(28)11-9-20-10-12-24(31-20)21-3-1-2-4-22(21)26(29)30/h1-12,19,27H,13-16H2/b11-9+. The van der Waals surface area contributed by atoms with E-state index in [9.17, 15) is 20.0 Å². The van der Waals surface area contributed by atoms with Crippen LogP contribution >= 0.6 is 11.3 Å². The Labute approximate surface area is 184 Å².